The number of halogens is 1. The summed E-state index contributed by atoms with van der Waals surface area (Å²) in [5.41, 5.74) is 3.27. The number of aliphatic imine (C=N–C) groups is 1. The molecule has 0 spiro atoms. The molecular formula is C24H33FN4O. The SMILES string of the molecule is CN=C(NCCc1ccccc1F)NCc1ccccc1CN1CC(C)OC(C)C1. The maximum Gasteiger partial charge on any atom is 0.191 e. The molecule has 2 unspecified atom stereocenters. The van der Waals surface area contributed by atoms with E-state index in [1.807, 2.05) is 12.1 Å². The third-order valence-electron chi connectivity index (χ3n) is 5.32. The predicted molar refractivity (Wildman–Crippen MR) is 120 cm³/mol. The highest BCUT2D eigenvalue weighted by Crippen LogP contribution is 2.17. The van der Waals surface area contributed by atoms with E-state index in [0.29, 0.717) is 25.1 Å². The van der Waals surface area contributed by atoms with E-state index in [1.165, 1.54) is 17.2 Å². The van der Waals surface area contributed by atoms with Crippen LogP contribution in [0.1, 0.15) is 30.5 Å². The van der Waals surface area contributed by atoms with Crippen LogP contribution in [-0.4, -0.2) is 49.7 Å². The van der Waals surface area contributed by atoms with Crippen LogP contribution in [0.15, 0.2) is 53.5 Å². The summed E-state index contributed by atoms with van der Waals surface area (Å²) in [7, 11) is 1.75. The van der Waals surface area contributed by atoms with Gasteiger partial charge in [-0.15, -0.1) is 0 Å². The Labute approximate surface area is 179 Å². The normalized spacial score (nSPS) is 20.2. The topological polar surface area (TPSA) is 48.9 Å². The molecule has 3 rings (SSSR count). The van der Waals surface area contributed by atoms with Gasteiger partial charge in [0.2, 0.25) is 0 Å². The van der Waals surface area contributed by atoms with Gasteiger partial charge in [-0.25, -0.2) is 4.39 Å². The lowest BCUT2D eigenvalue weighted by Gasteiger charge is -2.35. The second-order valence-corrected chi connectivity index (χ2v) is 7.91. The van der Waals surface area contributed by atoms with Crippen molar-refractivity contribution in [1.29, 1.82) is 0 Å². The maximum absolute atomic E-state index is 13.8. The second kappa shape index (κ2) is 11.1. The molecule has 2 aromatic rings. The zero-order valence-electron chi connectivity index (χ0n) is 18.2. The van der Waals surface area contributed by atoms with Gasteiger partial charge in [-0.1, -0.05) is 42.5 Å². The molecule has 1 saturated heterocycles. The zero-order valence-corrected chi connectivity index (χ0v) is 18.2. The Balaban J connectivity index is 1.52. The minimum absolute atomic E-state index is 0.164. The van der Waals surface area contributed by atoms with Gasteiger partial charge in [0, 0.05) is 39.8 Å². The van der Waals surface area contributed by atoms with Crippen molar-refractivity contribution < 1.29 is 9.13 Å². The van der Waals surface area contributed by atoms with Crippen LogP contribution in [0.3, 0.4) is 0 Å². The second-order valence-electron chi connectivity index (χ2n) is 7.91. The van der Waals surface area contributed by atoms with Gasteiger partial charge in [-0.2, -0.15) is 0 Å². The highest BCUT2D eigenvalue weighted by molar-refractivity contribution is 5.79. The summed E-state index contributed by atoms with van der Waals surface area (Å²) in [6, 6.07) is 15.4. The fourth-order valence-electron chi connectivity index (χ4n) is 3.95. The molecule has 6 heteroatoms. The van der Waals surface area contributed by atoms with E-state index < -0.39 is 0 Å². The quantitative estimate of drug-likeness (QED) is 0.541. The molecule has 1 aliphatic rings. The highest BCUT2D eigenvalue weighted by atomic mass is 19.1. The van der Waals surface area contributed by atoms with Gasteiger partial charge < -0.3 is 15.4 Å². The van der Waals surface area contributed by atoms with Gasteiger partial charge in [0.05, 0.1) is 12.2 Å². The molecule has 1 heterocycles. The van der Waals surface area contributed by atoms with E-state index >= 15 is 0 Å². The van der Waals surface area contributed by atoms with E-state index in [1.54, 1.807) is 13.1 Å². The number of hydrogen-bond donors (Lipinski definition) is 2. The fourth-order valence-corrected chi connectivity index (χ4v) is 3.95. The number of nitrogens with one attached hydrogen (secondary N) is 2. The molecule has 2 N–H and O–H groups in total. The van der Waals surface area contributed by atoms with Crippen molar-refractivity contribution in [3.63, 3.8) is 0 Å². The lowest BCUT2D eigenvalue weighted by atomic mass is 10.1. The molecule has 0 aliphatic carbocycles. The van der Waals surface area contributed by atoms with Crippen molar-refractivity contribution in [3.05, 3.63) is 71.0 Å². The fraction of sp³-hybridized carbons (Fsp3) is 0.458. The Morgan fingerprint density at radius 2 is 1.63 bits per heavy atom. The monoisotopic (exact) mass is 412 g/mol. The van der Waals surface area contributed by atoms with Crippen molar-refractivity contribution in [1.82, 2.24) is 15.5 Å². The van der Waals surface area contributed by atoms with E-state index in [4.69, 9.17) is 4.74 Å². The van der Waals surface area contributed by atoms with Crippen molar-refractivity contribution in [2.45, 2.75) is 45.6 Å². The molecular weight excluding hydrogens is 379 g/mol. The maximum atomic E-state index is 13.8. The van der Waals surface area contributed by atoms with Gasteiger partial charge in [0.15, 0.2) is 5.96 Å². The van der Waals surface area contributed by atoms with Gasteiger partial charge in [-0.05, 0) is 43.0 Å². The van der Waals surface area contributed by atoms with Gasteiger partial charge >= 0.3 is 0 Å². The molecule has 2 aromatic carbocycles. The average Bonchev–Trinajstić information content (AvgIpc) is 2.72. The number of ether oxygens (including phenoxy) is 1. The molecule has 0 bridgehead atoms. The van der Waals surface area contributed by atoms with Crippen LogP contribution in [0.5, 0.6) is 0 Å². The average molecular weight is 413 g/mol. The van der Waals surface area contributed by atoms with Crippen LogP contribution >= 0.6 is 0 Å². The molecule has 0 amide bonds. The van der Waals surface area contributed by atoms with Crippen LogP contribution in [0.4, 0.5) is 4.39 Å². The van der Waals surface area contributed by atoms with E-state index in [2.05, 4.69) is 58.6 Å². The molecule has 1 aliphatic heterocycles. The van der Waals surface area contributed by atoms with Gasteiger partial charge in [-0.3, -0.25) is 9.89 Å². The van der Waals surface area contributed by atoms with Crippen LogP contribution in [0.2, 0.25) is 0 Å². The Kier molecular flexibility index (Phi) is 8.22. The molecule has 2 atom stereocenters. The molecule has 0 saturated carbocycles. The minimum atomic E-state index is -0.164. The van der Waals surface area contributed by atoms with Crippen LogP contribution in [0, 0.1) is 5.82 Å². The Hall–Kier alpha value is -2.44. The first-order chi connectivity index (χ1) is 14.5. The molecule has 5 nitrogen and oxygen atoms in total. The third-order valence-corrected chi connectivity index (χ3v) is 5.32. The summed E-state index contributed by atoms with van der Waals surface area (Å²) in [5, 5.41) is 6.66. The largest absolute Gasteiger partial charge is 0.373 e. The van der Waals surface area contributed by atoms with E-state index in [0.717, 1.165) is 25.6 Å². The molecule has 162 valence electrons. The van der Waals surface area contributed by atoms with Gasteiger partial charge in [0.1, 0.15) is 5.82 Å². The van der Waals surface area contributed by atoms with Crippen LogP contribution in [-0.2, 0) is 24.2 Å². The van der Waals surface area contributed by atoms with Crippen molar-refractivity contribution >= 4 is 5.96 Å². The zero-order chi connectivity index (χ0) is 21.3. The standard InChI is InChI=1S/C24H33FN4O/c1-18-15-29(16-19(2)30-18)17-22-10-5-4-9-21(22)14-28-24(26-3)27-13-12-20-8-6-7-11-23(20)25/h4-11,18-19H,12-17H2,1-3H3,(H2,26,27,28). The number of morpholine rings is 1. The Morgan fingerprint density at radius 1 is 1.00 bits per heavy atom. The number of nitrogens with zero attached hydrogens (tertiary/aromatic N) is 2. The molecule has 0 radical (unpaired) electrons. The van der Waals surface area contributed by atoms with Crippen molar-refractivity contribution in [2.75, 3.05) is 26.7 Å². The minimum Gasteiger partial charge on any atom is -0.373 e. The van der Waals surface area contributed by atoms with Crippen LogP contribution in [0.25, 0.3) is 0 Å². The Morgan fingerprint density at radius 3 is 2.30 bits per heavy atom. The first-order valence-corrected chi connectivity index (χ1v) is 10.7. The number of benzene rings is 2. The first-order valence-electron chi connectivity index (χ1n) is 10.7. The van der Waals surface area contributed by atoms with Crippen molar-refractivity contribution in [3.8, 4) is 0 Å². The van der Waals surface area contributed by atoms with E-state index in [9.17, 15) is 4.39 Å². The van der Waals surface area contributed by atoms with Crippen LogP contribution < -0.4 is 10.6 Å². The highest BCUT2D eigenvalue weighted by Gasteiger charge is 2.22. The van der Waals surface area contributed by atoms with E-state index in [-0.39, 0.29) is 18.0 Å². The number of rotatable bonds is 7. The number of hydrogen-bond acceptors (Lipinski definition) is 3. The first kappa shape index (κ1) is 22.2. The predicted octanol–water partition coefficient (Wildman–Crippen LogP) is 3.34. The summed E-state index contributed by atoms with van der Waals surface area (Å²) >= 11 is 0. The summed E-state index contributed by atoms with van der Waals surface area (Å²) in [6.45, 7) is 8.38. The lowest BCUT2D eigenvalue weighted by molar-refractivity contribution is -0.0705. The van der Waals surface area contributed by atoms with Gasteiger partial charge in [0.25, 0.3) is 0 Å². The third kappa shape index (κ3) is 6.54. The lowest BCUT2D eigenvalue weighted by Crippen LogP contribution is -2.45. The summed E-state index contributed by atoms with van der Waals surface area (Å²) < 4.78 is 19.6. The summed E-state index contributed by atoms with van der Waals surface area (Å²) in [5.74, 6) is 0.553. The summed E-state index contributed by atoms with van der Waals surface area (Å²) in [6.07, 6.45) is 1.13. The molecule has 30 heavy (non-hydrogen) atoms. The smallest absolute Gasteiger partial charge is 0.191 e. The summed E-state index contributed by atoms with van der Waals surface area (Å²) in [4.78, 5) is 6.75. The number of guanidine groups is 1. The molecule has 0 aromatic heterocycles. The molecule has 1 fully saturated rings. The Bertz CT molecular complexity index is 831. The van der Waals surface area contributed by atoms with Crippen molar-refractivity contribution in [2.24, 2.45) is 4.99 Å².